The molecule has 2 N–H and O–H groups in total. The highest BCUT2D eigenvalue weighted by Gasteiger charge is 2.40. The summed E-state index contributed by atoms with van der Waals surface area (Å²) < 4.78 is 10.7. The summed E-state index contributed by atoms with van der Waals surface area (Å²) in [5.41, 5.74) is -1.34. The van der Waals surface area contributed by atoms with Gasteiger partial charge in [-0.3, -0.25) is 4.79 Å². The van der Waals surface area contributed by atoms with Crippen molar-refractivity contribution in [3.05, 3.63) is 36.4 Å². The quantitative estimate of drug-likeness (QED) is 0.761. The molecule has 0 saturated carbocycles. The lowest BCUT2D eigenvalue weighted by Crippen LogP contribution is -2.50. The predicted molar refractivity (Wildman–Crippen MR) is 86.4 cm³/mol. The van der Waals surface area contributed by atoms with Gasteiger partial charge in [0.25, 0.3) is 5.91 Å². The van der Waals surface area contributed by atoms with Gasteiger partial charge in [-0.05, 0) is 18.2 Å². The highest BCUT2D eigenvalue weighted by molar-refractivity contribution is 5.95. The maximum absolute atomic E-state index is 12.6. The van der Waals surface area contributed by atoms with Crippen molar-refractivity contribution in [1.29, 1.82) is 0 Å². The number of carbonyl (C=O) groups is 2. The van der Waals surface area contributed by atoms with E-state index in [0.29, 0.717) is 23.7 Å². The number of carboxylic acid groups (broad SMARTS) is 1. The zero-order chi connectivity index (χ0) is 17.7. The Morgan fingerprint density at radius 3 is 2.54 bits per heavy atom. The number of ether oxygens (including phenoxy) is 2. The fraction of sp³-hybridized carbons (Fsp3) is 0.412. The Bertz CT molecular complexity index is 634. The van der Waals surface area contributed by atoms with Gasteiger partial charge >= 0.3 is 5.97 Å². The normalized spacial score (nSPS) is 16.3. The van der Waals surface area contributed by atoms with Gasteiger partial charge in [0, 0.05) is 31.5 Å². The van der Waals surface area contributed by atoms with Crippen molar-refractivity contribution in [2.75, 3.05) is 26.8 Å². The lowest BCUT2D eigenvalue weighted by Gasteiger charge is -2.35. The molecule has 0 radical (unpaired) electrons. The molecule has 0 aromatic heterocycles. The number of hydrogen-bond acceptors (Lipinski definition) is 5. The number of carbonyl (C=O) groups excluding carboxylic acids is 1. The van der Waals surface area contributed by atoms with Gasteiger partial charge in [-0.25, -0.2) is 4.79 Å². The summed E-state index contributed by atoms with van der Waals surface area (Å²) in [4.78, 5) is 25.1. The van der Waals surface area contributed by atoms with Crippen LogP contribution in [-0.2, 0) is 4.79 Å². The molecule has 1 aromatic rings. The molecule has 1 aliphatic heterocycles. The highest BCUT2D eigenvalue weighted by atomic mass is 16.5. The minimum atomic E-state index is -1.75. The molecule has 1 aliphatic rings. The molecule has 1 amide bonds. The van der Waals surface area contributed by atoms with Crippen molar-refractivity contribution in [3.63, 3.8) is 0 Å². The molecule has 7 nitrogen and oxygen atoms in total. The molecule has 1 saturated heterocycles. The number of carboxylic acids is 1. The summed E-state index contributed by atoms with van der Waals surface area (Å²) in [7, 11) is 1.48. The van der Waals surface area contributed by atoms with E-state index in [1.165, 1.54) is 12.0 Å². The van der Waals surface area contributed by atoms with Gasteiger partial charge in [0.05, 0.1) is 7.11 Å². The van der Waals surface area contributed by atoms with E-state index in [2.05, 4.69) is 6.58 Å². The van der Waals surface area contributed by atoms with Crippen molar-refractivity contribution in [2.45, 2.75) is 18.4 Å². The number of aliphatic hydroxyl groups is 1. The van der Waals surface area contributed by atoms with Crippen LogP contribution in [-0.4, -0.2) is 59.4 Å². The molecule has 0 unspecified atom stereocenters. The summed E-state index contributed by atoms with van der Waals surface area (Å²) >= 11 is 0. The van der Waals surface area contributed by atoms with E-state index in [0.717, 1.165) is 0 Å². The molecule has 130 valence electrons. The molecule has 0 spiro atoms. The molecule has 7 heteroatoms. The molecular formula is C17H21NO6. The first kappa shape index (κ1) is 17.8. The van der Waals surface area contributed by atoms with Crippen LogP contribution in [0.25, 0.3) is 0 Å². The molecule has 1 heterocycles. The van der Waals surface area contributed by atoms with Crippen LogP contribution in [0.4, 0.5) is 0 Å². The Morgan fingerprint density at radius 2 is 2.00 bits per heavy atom. The molecule has 0 atom stereocenters. The van der Waals surface area contributed by atoms with E-state index < -0.39 is 11.6 Å². The van der Waals surface area contributed by atoms with E-state index in [9.17, 15) is 14.7 Å². The third kappa shape index (κ3) is 3.68. The third-order valence-electron chi connectivity index (χ3n) is 4.04. The van der Waals surface area contributed by atoms with Gasteiger partial charge in [-0.1, -0.05) is 12.7 Å². The number of nitrogens with zero attached hydrogens (tertiary/aromatic N) is 1. The molecule has 1 fully saturated rings. The summed E-state index contributed by atoms with van der Waals surface area (Å²) in [5, 5.41) is 19.0. The minimum Gasteiger partial charge on any atom is -0.493 e. The predicted octanol–water partition coefficient (Wildman–Crippen LogP) is 1.31. The molecule has 2 rings (SSSR count). The highest BCUT2D eigenvalue weighted by Crippen LogP contribution is 2.30. The van der Waals surface area contributed by atoms with Crippen LogP contribution in [0.15, 0.2) is 30.9 Å². The second kappa shape index (κ2) is 7.35. The van der Waals surface area contributed by atoms with Gasteiger partial charge in [0.15, 0.2) is 17.1 Å². The van der Waals surface area contributed by atoms with Crippen LogP contribution in [0.3, 0.4) is 0 Å². The zero-order valence-corrected chi connectivity index (χ0v) is 13.5. The molecular weight excluding hydrogens is 314 g/mol. The first-order chi connectivity index (χ1) is 11.4. The summed E-state index contributed by atoms with van der Waals surface area (Å²) in [6.45, 7) is 4.25. The number of benzene rings is 1. The second-order valence-electron chi connectivity index (χ2n) is 5.59. The summed E-state index contributed by atoms with van der Waals surface area (Å²) in [5.74, 6) is -0.550. The Morgan fingerprint density at radius 1 is 1.33 bits per heavy atom. The number of aliphatic carboxylic acids is 1. The largest absolute Gasteiger partial charge is 0.493 e. The third-order valence-corrected chi connectivity index (χ3v) is 4.04. The van der Waals surface area contributed by atoms with Crippen LogP contribution in [0.5, 0.6) is 11.5 Å². The maximum Gasteiger partial charge on any atom is 0.335 e. The average Bonchev–Trinajstić information content (AvgIpc) is 2.59. The number of methoxy groups -OCH3 is 1. The Kier molecular flexibility index (Phi) is 5.46. The first-order valence-electron chi connectivity index (χ1n) is 7.58. The van der Waals surface area contributed by atoms with E-state index in [4.69, 9.17) is 14.6 Å². The van der Waals surface area contributed by atoms with Crippen LogP contribution in [0, 0.1) is 0 Å². The fourth-order valence-electron chi connectivity index (χ4n) is 2.54. The number of likely N-dealkylation sites (tertiary alicyclic amines) is 1. The SMILES string of the molecule is C=CCOc1ccc(C(=O)N2CCC(O)(C(=O)O)CC2)cc1OC. The van der Waals surface area contributed by atoms with Crippen molar-refractivity contribution in [2.24, 2.45) is 0 Å². The number of piperidine rings is 1. The Hall–Kier alpha value is -2.54. The number of amides is 1. The second-order valence-corrected chi connectivity index (χ2v) is 5.59. The van der Waals surface area contributed by atoms with Crippen molar-refractivity contribution < 1.29 is 29.3 Å². The summed E-state index contributed by atoms with van der Waals surface area (Å²) in [6, 6.07) is 4.85. The smallest absolute Gasteiger partial charge is 0.335 e. The van der Waals surface area contributed by atoms with Crippen molar-refractivity contribution in [1.82, 2.24) is 4.90 Å². The number of hydrogen-bond donors (Lipinski definition) is 2. The van der Waals surface area contributed by atoms with Crippen molar-refractivity contribution in [3.8, 4) is 11.5 Å². The van der Waals surface area contributed by atoms with Crippen molar-refractivity contribution >= 4 is 11.9 Å². The standard InChI is InChI=1S/C17H21NO6/c1-3-10-24-13-5-4-12(11-14(13)23-2)15(19)18-8-6-17(22,7-9-18)16(20)21/h3-5,11,22H,1,6-10H2,2H3,(H,20,21). The molecule has 24 heavy (non-hydrogen) atoms. The molecule has 0 aliphatic carbocycles. The lowest BCUT2D eigenvalue weighted by atomic mass is 9.91. The van der Waals surface area contributed by atoms with E-state index in [1.54, 1.807) is 24.3 Å². The minimum absolute atomic E-state index is 0.00569. The van der Waals surface area contributed by atoms with Gasteiger partial charge in [-0.2, -0.15) is 0 Å². The van der Waals surface area contributed by atoms with Gasteiger partial charge in [0.2, 0.25) is 0 Å². The zero-order valence-electron chi connectivity index (χ0n) is 13.5. The van der Waals surface area contributed by atoms with Gasteiger partial charge in [0.1, 0.15) is 6.61 Å². The number of rotatable bonds is 6. The van der Waals surface area contributed by atoms with E-state index in [1.807, 2.05) is 0 Å². The van der Waals surface area contributed by atoms with Gasteiger partial charge < -0.3 is 24.6 Å². The molecule has 0 bridgehead atoms. The topological polar surface area (TPSA) is 96.3 Å². The monoisotopic (exact) mass is 335 g/mol. The van der Waals surface area contributed by atoms with Crippen LogP contribution < -0.4 is 9.47 Å². The van der Waals surface area contributed by atoms with Gasteiger partial charge in [-0.15, -0.1) is 0 Å². The van der Waals surface area contributed by atoms with Crippen LogP contribution in [0.2, 0.25) is 0 Å². The Balaban J connectivity index is 2.10. The van der Waals surface area contributed by atoms with E-state index >= 15 is 0 Å². The fourth-order valence-corrected chi connectivity index (χ4v) is 2.54. The van der Waals surface area contributed by atoms with E-state index in [-0.39, 0.29) is 31.8 Å². The maximum atomic E-state index is 12.6. The Labute approximate surface area is 140 Å². The summed E-state index contributed by atoms with van der Waals surface area (Å²) in [6.07, 6.45) is 1.62. The average molecular weight is 335 g/mol. The molecule has 1 aromatic carbocycles. The van der Waals surface area contributed by atoms with Crippen LogP contribution >= 0.6 is 0 Å². The van der Waals surface area contributed by atoms with Crippen LogP contribution in [0.1, 0.15) is 23.2 Å². The first-order valence-corrected chi connectivity index (χ1v) is 7.58. The lowest BCUT2D eigenvalue weighted by molar-refractivity contribution is -0.162.